The minimum Gasteiger partial charge on any atom is -0.465 e. The van der Waals surface area contributed by atoms with E-state index in [4.69, 9.17) is 9.84 Å². The molecule has 0 aliphatic carbocycles. The van der Waals surface area contributed by atoms with Crippen molar-refractivity contribution < 1.29 is 24.5 Å². The zero-order valence-corrected chi connectivity index (χ0v) is 9.69. The van der Waals surface area contributed by atoms with Gasteiger partial charge in [0, 0.05) is 0 Å². The molecule has 0 saturated carbocycles. The number of nitrogens with zero attached hydrogens (tertiary/aromatic N) is 1. The number of esters is 1. The van der Waals surface area contributed by atoms with Crippen molar-refractivity contribution >= 4 is 12.1 Å². The van der Waals surface area contributed by atoms with Crippen LogP contribution < -0.4 is 0 Å². The summed E-state index contributed by atoms with van der Waals surface area (Å²) >= 11 is 0. The predicted octanol–water partition coefficient (Wildman–Crippen LogP) is 0.300. The van der Waals surface area contributed by atoms with E-state index in [2.05, 4.69) is 0 Å². The Morgan fingerprint density at radius 1 is 1.44 bits per heavy atom. The van der Waals surface area contributed by atoms with Crippen molar-refractivity contribution in [2.24, 2.45) is 5.41 Å². The van der Waals surface area contributed by atoms with Crippen molar-refractivity contribution in [1.82, 2.24) is 4.90 Å². The fraction of sp³-hybridized carbons (Fsp3) is 0.800. The topological polar surface area (TPSA) is 87.1 Å². The van der Waals surface area contributed by atoms with Crippen LogP contribution in [0.15, 0.2) is 0 Å². The molecule has 0 aromatic heterocycles. The molecular formula is C10H17NO5. The largest absolute Gasteiger partial charge is 0.465 e. The Bertz CT molecular complexity index is 306. The van der Waals surface area contributed by atoms with E-state index in [0.29, 0.717) is 0 Å². The lowest BCUT2D eigenvalue weighted by Gasteiger charge is -2.51. The van der Waals surface area contributed by atoms with Crippen molar-refractivity contribution in [2.75, 3.05) is 19.7 Å². The Hall–Kier alpha value is -1.30. The summed E-state index contributed by atoms with van der Waals surface area (Å²) in [7, 11) is 0. The molecule has 0 atom stereocenters. The molecule has 92 valence electrons. The number of rotatable bonds is 3. The minimum atomic E-state index is -1.34. The highest BCUT2D eigenvalue weighted by atomic mass is 16.5. The van der Waals surface area contributed by atoms with Crippen molar-refractivity contribution in [3.05, 3.63) is 0 Å². The van der Waals surface area contributed by atoms with E-state index in [1.54, 1.807) is 20.8 Å². The summed E-state index contributed by atoms with van der Waals surface area (Å²) in [5.74, 6) is -0.512. The van der Waals surface area contributed by atoms with E-state index >= 15 is 0 Å². The second-order valence-corrected chi connectivity index (χ2v) is 4.52. The van der Waals surface area contributed by atoms with Gasteiger partial charge >= 0.3 is 12.1 Å². The lowest BCUT2D eigenvalue weighted by Crippen LogP contribution is -2.71. The molecule has 16 heavy (non-hydrogen) atoms. The zero-order chi connectivity index (χ0) is 12.6. The second-order valence-electron chi connectivity index (χ2n) is 4.52. The van der Waals surface area contributed by atoms with Gasteiger partial charge in [-0.25, -0.2) is 4.79 Å². The SMILES string of the molecule is CCOC(=O)C(C)(C)C1(O)CN(C(=O)O)C1. The first kappa shape index (κ1) is 12.8. The number of likely N-dealkylation sites (tertiary alicyclic amines) is 1. The van der Waals surface area contributed by atoms with E-state index in [1.807, 2.05) is 0 Å². The maximum atomic E-state index is 11.6. The molecule has 0 unspecified atom stereocenters. The fourth-order valence-electron chi connectivity index (χ4n) is 1.62. The molecule has 6 heteroatoms. The van der Waals surface area contributed by atoms with Gasteiger partial charge in [-0.2, -0.15) is 0 Å². The van der Waals surface area contributed by atoms with Crippen LogP contribution in [0.5, 0.6) is 0 Å². The van der Waals surface area contributed by atoms with Gasteiger partial charge in [0.05, 0.1) is 25.1 Å². The summed E-state index contributed by atoms with van der Waals surface area (Å²) in [6.07, 6.45) is -1.09. The van der Waals surface area contributed by atoms with Crippen molar-refractivity contribution in [3.63, 3.8) is 0 Å². The molecule has 6 nitrogen and oxygen atoms in total. The average molecular weight is 231 g/mol. The molecule has 0 aromatic rings. The van der Waals surface area contributed by atoms with Gasteiger partial charge in [-0.15, -0.1) is 0 Å². The Labute approximate surface area is 93.8 Å². The highest BCUT2D eigenvalue weighted by molar-refractivity contribution is 5.79. The first-order chi connectivity index (χ1) is 7.24. The molecule has 1 amide bonds. The number of hydrogen-bond acceptors (Lipinski definition) is 4. The molecule has 0 radical (unpaired) electrons. The van der Waals surface area contributed by atoms with E-state index in [1.165, 1.54) is 0 Å². The number of amides is 1. The van der Waals surface area contributed by atoms with Crippen molar-refractivity contribution in [1.29, 1.82) is 0 Å². The third-order valence-corrected chi connectivity index (χ3v) is 3.12. The number of ether oxygens (including phenoxy) is 1. The molecule has 1 aliphatic heterocycles. The molecule has 1 saturated heterocycles. The highest BCUT2D eigenvalue weighted by Crippen LogP contribution is 2.39. The summed E-state index contributed by atoms with van der Waals surface area (Å²) in [4.78, 5) is 23.3. The first-order valence-corrected chi connectivity index (χ1v) is 5.12. The molecule has 0 bridgehead atoms. The lowest BCUT2D eigenvalue weighted by molar-refractivity contribution is -0.192. The van der Waals surface area contributed by atoms with E-state index < -0.39 is 23.1 Å². The van der Waals surface area contributed by atoms with Gasteiger partial charge in [-0.1, -0.05) is 0 Å². The minimum absolute atomic E-state index is 0.0614. The summed E-state index contributed by atoms with van der Waals surface area (Å²) in [5, 5.41) is 18.8. The molecule has 1 rings (SSSR count). The Kier molecular flexibility index (Phi) is 3.14. The van der Waals surface area contributed by atoms with E-state index in [9.17, 15) is 14.7 Å². The summed E-state index contributed by atoms with van der Waals surface area (Å²) in [6.45, 7) is 4.92. The lowest BCUT2D eigenvalue weighted by atomic mass is 9.70. The van der Waals surface area contributed by atoms with Crippen LogP contribution >= 0.6 is 0 Å². The number of aliphatic hydroxyl groups is 1. The normalized spacial score (nSPS) is 18.9. The second kappa shape index (κ2) is 3.93. The van der Waals surface area contributed by atoms with Crippen LogP contribution in [-0.4, -0.2) is 52.5 Å². The summed E-state index contributed by atoms with van der Waals surface area (Å²) in [5.41, 5.74) is -2.44. The van der Waals surface area contributed by atoms with Gasteiger partial charge in [-0.3, -0.25) is 4.79 Å². The van der Waals surface area contributed by atoms with Gasteiger partial charge < -0.3 is 19.8 Å². The molecule has 1 aliphatic rings. The fourth-order valence-corrected chi connectivity index (χ4v) is 1.62. The van der Waals surface area contributed by atoms with Crippen LogP contribution in [0.4, 0.5) is 4.79 Å². The maximum Gasteiger partial charge on any atom is 0.407 e. The smallest absolute Gasteiger partial charge is 0.407 e. The van der Waals surface area contributed by atoms with Gasteiger partial charge in [0.25, 0.3) is 0 Å². The number of carboxylic acid groups (broad SMARTS) is 1. The Balaban J connectivity index is 2.71. The summed E-state index contributed by atoms with van der Waals surface area (Å²) in [6, 6.07) is 0. The molecule has 1 heterocycles. The maximum absolute atomic E-state index is 11.6. The number of carbonyl (C=O) groups is 2. The van der Waals surface area contributed by atoms with Crippen LogP contribution in [0.25, 0.3) is 0 Å². The van der Waals surface area contributed by atoms with E-state index in [0.717, 1.165) is 4.90 Å². The molecular weight excluding hydrogens is 214 g/mol. The quantitative estimate of drug-likeness (QED) is 0.682. The van der Waals surface area contributed by atoms with Crippen LogP contribution in [-0.2, 0) is 9.53 Å². The average Bonchev–Trinajstić information content (AvgIpc) is 2.12. The molecule has 1 fully saturated rings. The third kappa shape index (κ3) is 1.84. The first-order valence-electron chi connectivity index (χ1n) is 5.12. The van der Waals surface area contributed by atoms with Gasteiger partial charge in [0.2, 0.25) is 0 Å². The summed E-state index contributed by atoms with van der Waals surface area (Å²) < 4.78 is 4.86. The number of hydrogen-bond donors (Lipinski definition) is 2. The van der Waals surface area contributed by atoms with Crippen LogP contribution in [0, 0.1) is 5.41 Å². The van der Waals surface area contributed by atoms with Crippen LogP contribution in [0.1, 0.15) is 20.8 Å². The van der Waals surface area contributed by atoms with Gasteiger partial charge in [-0.05, 0) is 20.8 Å². The van der Waals surface area contributed by atoms with Crippen molar-refractivity contribution in [2.45, 2.75) is 26.4 Å². The zero-order valence-electron chi connectivity index (χ0n) is 9.69. The van der Waals surface area contributed by atoms with Crippen LogP contribution in [0.2, 0.25) is 0 Å². The predicted molar refractivity (Wildman–Crippen MR) is 55.0 cm³/mol. The molecule has 2 N–H and O–H groups in total. The Morgan fingerprint density at radius 3 is 2.31 bits per heavy atom. The van der Waals surface area contributed by atoms with Crippen LogP contribution in [0.3, 0.4) is 0 Å². The third-order valence-electron chi connectivity index (χ3n) is 3.12. The molecule has 0 spiro atoms. The number of carbonyl (C=O) groups excluding carboxylic acids is 1. The number of β-amino-alcohol motifs (C(OH)–C–C–N with tert-alkyl or cyclic N) is 1. The molecule has 0 aromatic carbocycles. The monoisotopic (exact) mass is 231 g/mol. The standard InChI is InChI=1S/C10H17NO5/c1-4-16-7(12)9(2,3)10(15)5-11(6-10)8(13)14/h15H,4-6H2,1-3H3,(H,13,14). The van der Waals surface area contributed by atoms with Gasteiger partial charge in [0.15, 0.2) is 0 Å². The van der Waals surface area contributed by atoms with Crippen molar-refractivity contribution in [3.8, 4) is 0 Å². The van der Waals surface area contributed by atoms with E-state index in [-0.39, 0.29) is 19.7 Å². The highest BCUT2D eigenvalue weighted by Gasteiger charge is 2.58. The Morgan fingerprint density at radius 2 is 1.94 bits per heavy atom. The van der Waals surface area contributed by atoms with Gasteiger partial charge in [0.1, 0.15) is 5.60 Å².